The molecule has 7 nitrogen and oxygen atoms in total. The van der Waals surface area contributed by atoms with Gasteiger partial charge in [-0.05, 0) is 49.2 Å². The average molecular weight is 563 g/mol. The van der Waals surface area contributed by atoms with Gasteiger partial charge in [0, 0.05) is 38.9 Å². The van der Waals surface area contributed by atoms with Gasteiger partial charge in [0.25, 0.3) is 0 Å². The number of hydrogen-bond donors (Lipinski definition) is 3. The topological polar surface area (TPSA) is 72.0 Å². The first-order valence-electron chi connectivity index (χ1n) is 11.6. The van der Waals surface area contributed by atoms with Crippen molar-refractivity contribution in [3.63, 3.8) is 0 Å². The first-order valence-corrected chi connectivity index (χ1v) is 11.6. The largest absolute Gasteiger partial charge is 0.360 e. The molecule has 1 unspecified atom stereocenters. The quantitative estimate of drug-likeness (QED) is 0.275. The van der Waals surface area contributed by atoms with E-state index in [1.807, 2.05) is 7.05 Å². The van der Waals surface area contributed by atoms with Crippen molar-refractivity contribution in [2.45, 2.75) is 25.4 Å². The molecule has 2 aromatic rings. The molecule has 0 aliphatic carbocycles. The summed E-state index contributed by atoms with van der Waals surface area (Å²) in [5.41, 5.74) is 3.61. The van der Waals surface area contributed by atoms with Crippen LogP contribution >= 0.6 is 24.0 Å². The highest BCUT2D eigenvalue weighted by Gasteiger charge is 2.23. The van der Waals surface area contributed by atoms with Gasteiger partial charge in [-0.25, -0.2) is 0 Å². The number of carbonyl (C=O) groups excluding carboxylic acids is 1. The fourth-order valence-electron chi connectivity index (χ4n) is 4.47. The van der Waals surface area contributed by atoms with Crippen LogP contribution in [0.25, 0.3) is 0 Å². The fraction of sp³-hybridized carbons (Fsp3) is 0.440. The maximum Gasteiger partial charge on any atom is 0.239 e. The molecule has 33 heavy (non-hydrogen) atoms. The molecule has 3 N–H and O–H groups in total. The third kappa shape index (κ3) is 7.07. The summed E-state index contributed by atoms with van der Waals surface area (Å²) < 4.78 is 0. The van der Waals surface area contributed by atoms with Crippen LogP contribution in [0.2, 0.25) is 0 Å². The van der Waals surface area contributed by atoms with Gasteiger partial charge in [-0.3, -0.25) is 14.7 Å². The van der Waals surface area contributed by atoms with Gasteiger partial charge in [0.05, 0.1) is 12.6 Å². The van der Waals surface area contributed by atoms with Crippen LogP contribution in [0, 0.1) is 0 Å². The zero-order valence-electron chi connectivity index (χ0n) is 19.3. The van der Waals surface area contributed by atoms with Crippen molar-refractivity contribution < 1.29 is 4.79 Å². The smallest absolute Gasteiger partial charge is 0.239 e. The highest BCUT2D eigenvalue weighted by Crippen LogP contribution is 2.24. The van der Waals surface area contributed by atoms with E-state index in [2.05, 4.69) is 85.3 Å². The minimum atomic E-state index is 0. The van der Waals surface area contributed by atoms with Gasteiger partial charge in [-0.15, -0.1) is 24.0 Å². The zero-order valence-corrected chi connectivity index (χ0v) is 21.6. The Morgan fingerprint density at radius 1 is 1.03 bits per heavy atom. The summed E-state index contributed by atoms with van der Waals surface area (Å²) in [4.78, 5) is 20.7. The van der Waals surface area contributed by atoms with E-state index in [-0.39, 0.29) is 29.9 Å². The molecule has 178 valence electrons. The van der Waals surface area contributed by atoms with Gasteiger partial charge in [-0.1, -0.05) is 42.5 Å². The van der Waals surface area contributed by atoms with E-state index in [0.29, 0.717) is 25.7 Å². The molecule has 4 rings (SSSR count). The van der Waals surface area contributed by atoms with Crippen molar-refractivity contribution >= 4 is 41.5 Å². The van der Waals surface area contributed by atoms with Crippen molar-refractivity contribution in [3.8, 4) is 0 Å². The molecule has 1 amide bonds. The number of carbonyl (C=O) groups is 1. The number of nitrogens with one attached hydrogen (secondary N) is 3. The van der Waals surface area contributed by atoms with Gasteiger partial charge in [0.1, 0.15) is 0 Å². The van der Waals surface area contributed by atoms with E-state index in [1.54, 1.807) is 0 Å². The molecule has 1 atom stereocenters. The number of hydrogen-bond acceptors (Lipinski definition) is 4. The number of benzene rings is 2. The first-order chi connectivity index (χ1) is 15.7. The molecule has 8 heteroatoms. The summed E-state index contributed by atoms with van der Waals surface area (Å²) in [5, 5.41) is 9.83. The Bertz CT molecular complexity index is 899. The van der Waals surface area contributed by atoms with Crippen molar-refractivity contribution in [1.29, 1.82) is 0 Å². The van der Waals surface area contributed by atoms with Crippen LogP contribution in [0.15, 0.2) is 59.6 Å². The SMILES string of the molecule is CN=C(NCc1ccc(N2CCNC(=O)C2)cc1)NCC(c1ccccc1)N1CCCC1.I. The molecular weight excluding hydrogens is 527 g/mol. The third-order valence-corrected chi connectivity index (χ3v) is 6.25. The number of likely N-dealkylation sites (tertiary alicyclic amines) is 1. The van der Waals surface area contributed by atoms with E-state index < -0.39 is 0 Å². The van der Waals surface area contributed by atoms with Gasteiger partial charge in [0.15, 0.2) is 5.96 Å². The number of aliphatic imine (C=N–C) groups is 1. The second-order valence-electron chi connectivity index (χ2n) is 8.41. The molecule has 0 radical (unpaired) electrons. The van der Waals surface area contributed by atoms with E-state index in [4.69, 9.17) is 0 Å². The summed E-state index contributed by atoms with van der Waals surface area (Å²) in [5.74, 6) is 0.890. The van der Waals surface area contributed by atoms with Gasteiger partial charge in [0.2, 0.25) is 5.91 Å². The number of nitrogens with zero attached hydrogens (tertiary/aromatic N) is 3. The van der Waals surface area contributed by atoms with Crippen molar-refractivity contribution in [2.24, 2.45) is 4.99 Å². The molecule has 2 aliphatic heterocycles. The van der Waals surface area contributed by atoms with Crippen LogP contribution in [0.1, 0.15) is 30.0 Å². The Labute approximate surface area is 214 Å². The van der Waals surface area contributed by atoms with Gasteiger partial charge < -0.3 is 20.9 Å². The van der Waals surface area contributed by atoms with Crippen LogP contribution in [-0.4, -0.2) is 63.1 Å². The maximum absolute atomic E-state index is 11.6. The lowest BCUT2D eigenvalue weighted by Gasteiger charge is -2.29. The lowest BCUT2D eigenvalue weighted by molar-refractivity contribution is -0.120. The summed E-state index contributed by atoms with van der Waals surface area (Å²) in [6.07, 6.45) is 2.54. The van der Waals surface area contributed by atoms with Crippen LogP contribution in [0.3, 0.4) is 0 Å². The predicted molar refractivity (Wildman–Crippen MR) is 145 cm³/mol. The van der Waals surface area contributed by atoms with Crippen LogP contribution < -0.4 is 20.9 Å². The van der Waals surface area contributed by atoms with Crippen molar-refractivity contribution in [2.75, 3.05) is 51.2 Å². The number of rotatable bonds is 7. The van der Waals surface area contributed by atoms with E-state index in [1.165, 1.54) is 24.0 Å². The molecule has 0 aromatic heterocycles. The van der Waals surface area contributed by atoms with Crippen LogP contribution in [-0.2, 0) is 11.3 Å². The molecule has 2 aliphatic rings. The Morgan fingerprint density at radius 2 is 1.76 bits per heavy atom. The summed E-state index contributed by atoms with van der Waals surface area (Å²) in [6.45, 7) is 5.79. The van der Waals surface area contributed by atoms with E-state index in [0.717, 1.165) is 37.8 Å². The minimum Gasteiger partial charge on any atom is -0.360 e. The Hall–Kier alpha value is -2.33. The number of piperazine rings is 1. The number of amides is 1. The maximum atomic E-state index is 11.6. The van der Waals surface area contributed by atoms with Crippen molar-refractivity contribution in [1.82, 2.24) is 20.9 Å². The number of halogens is 1. The molecule has 0 saturated carbocycles. The molecular formula is C25H35IN6O. The summed E-state index contributed by atoms with van der Waals surface area (Å²) >= 11 is 0. The fourth-order valence-corrected chi connectivity index (χ4v) is 4.47. The number of guanidine groups is 1. The Morgan fingerprint density at radius 3 is 2.42 bits per heavy atom. The zero-order chi connectivity index (χ0) is 22.2. The predicted octanol–water partition coefficient (Wildman–Crippen LogP) is 2.74. The molecule has 2 heterocycles. The second-order valence-corrected chi connectivity index (χ2v) is 8.41. The minimum absolute atomic E-state index is 0. The molecule has 0 spiro atoms. The van der Waals surface area contributed by atoms with Crippen LogP contribution in [0.5, 0.6) is 0 Å². The van der Waals surface area contributed by atoms with Gasteiger partial charge in [-0.2, -0.15) is 0 Å². The lowest BCUT2D eigenvalue weighted by atomic mass is 10.1. The molecule has 0 bridgehead atoms. The van der Waals surface area contributed by atoms with E-state index in [9.17, 15) is 4.79 Å². The van der Waals surface area contributed by atoms with E-state index >= 15 is 0 Å². The number of anilines is 1. The summed E-state index contributed by atoms with van der Waals surface area (Å²) in [7, 11) is 1.81. The van der Waals surface area contributed by atoms with Crippen LogP contribution in [0.4, 0.5) is 5.69 Å². The Kier molecular flexibility index (Phi) is 9.80. The molecule has 2 saturated heterocycles. The van der Waals surface area contributed by atoms with Crippen molar-refractivity contribution in [3.05, 3.63) is 65.7 Å². The first kappa shape index (κ1) is 25.3. The second kappa shape index (κ2) is 12.8. The summed E-state index contributed by atoms with van der Waals surface area (Å²) in [6, 6.07) is 19.5. The highest BCUT2D eigenvalue weighted by molar-refractivity contribution is 14.0. The third-order valence-electron chi connectivity index (χ3n) is 6.25. The average Bonchev–Trinajstić information content (AvgIpc) is 3.37. The lowest BCUT2D eigenvalue weighted by Crippen LogP contribution is -2.47. The Balaban J connectivity index is 0.00000306. The monoisotopic (exact) mass is 562 g/mol. The normalized spacial score (nSPS) is 17.8. The molecule has 2 aromatic carbocycles. The highest BCUT2D eigenvalue weighted by atomic mass is 127. The van der Waals surface area contributed by atoms with Gasteiger partial charge >= 0.3 is 0 Å². The molecule has 2 fully saturated rings. The standard InChI is InChI=1S/C25H34N6O.HI/c1-26-25(29-18-23(30-14-5-6-15-30)21-7-3-2-4-8-21)28-17-20-9-11-22(12-10-20)31-16-13-27-24(32)19-31;/h2-4,7-12,23H,5-6,13-19H2,1H3,(H,27,32)(H2,26,28,29);1H.